The molecule has 2 aromatic carbocycles. The van der Waals surface area contributed by atoms with E-state index in [0.717, 1.165) is 11.1 Å². The van der Waals surface area contributed by atoms with Gasteiger partial charge in [0.1, 0.15) is 5.41 Å². The number of carbonyl (C=O) groups is 1. The van der Waals surface area contributed by atoms with Crippen LogP contribution in [0.1, 0.15) is 25.5 Å². The van der Waals surface area contributed by atoms with E-state index in [4.69, 9.17) is 0 Å². The van der Waals surface area contributed by atoms with E-state index in [9.17, 15) is 9.90 Å². The van der Waals surface area contributed by atoms with E-state index in [-0.39, 0.29) is 24.4 Å². The topological polar surface area (TPSA) is 37.3 Å². The lowest BCUT2D eigenvalue weighted by Crippen LogP contribution is -2.33. The third-order valence-electron chi connectivity index (χ3n) is 3.13. The fourth-order valence-electron chi connectivity index (χ4n) is 1.96. The first kappa shape index (κ1) is 17.4. The first-order valence-corrected chi connectivity index (χ1v) is 5.50. The monoisotopic (exact) mass is 322 g/mol. The zero-order valence-corrected chi connectivity index (χ0v) is 11.8. The second-order valence-corrected chi connectivity index (χ2v) is 4.16. The molecule has 0 unspecified atom stereocenters. The molecular weight excluding hydrogens is 304 g/mol. The lowest BCUT2D eigenvalue weighted by Gasteiger charge is -2.25. The van der Waals surface area contributed by atoms with Crippen molar-refractivity contribution in [3.63, 3.8) is 0 Å². The molecule has 0 aliphatic rings. The molecule has 3 heteroatoms. The number of hydrogen-bond donors (Lipinski definition) is 1. The highest BCUT2D eigenvalue weighted by molar-refractivity contribution is 8.93. The first-order valence-electron chi connectivity index (χ1n) is 5.50. The Hall–Kier alpha value is -1.61. The van der Waals surface area contributed by atoms with E-state index >= 15 is 0 Å². The van der Waals surface area contributed by atoms with E-state index < -0.39 is 11.4 Å². The third-order valence-corrected chi connectivity index (χ3v) is 3.13. The van der Waals surface area contributed by atoms with Gasteiger partial charge >= 0.3 is 5.97 Å². The summed E-state index contributed by atoms with van der Waals surface area (Å²) >= 11 is 0. The molecule has 0 saturated heterocycles. The van der Waals surface area contributed by atoms with Crippen LogP contribution in [0, 0.1) is 0 Å². The van der Waals surface area contributed by atoms with Crippen molar-refractivity contribution in [2.45, 2.75) is 19.8 Å². The maximum Gasteiger partial charge on any atom is 0.318 e. The molecule has 2 nitrogen and oxygen atoms in total. The molecule has 2 aromatic rings. The van der Waals surface area contributed by atoms with Crippen molar-refractivity contribution in [1.82, 2.24) is 0 Å². The average Bonchev–Trinajstić information content (AvgIpc) is 2.39. The van der Waals surface area contributed by atoms with Crippen LogP contribution >= 0.6 is 17.0 Å². The highest BCUT2D eigenvalue weighted by atomic mass is 79.9. The lowest BCUT2D eigenvalue weighted by molar-refractivity contribution is -0.141. The zero-order valence-electron chi connectivity index (χ0n) is 10.0. The molecule has 19 heavy (non-hydrogen) atoms. The van der Waals surface area contributed by atoms with E-state index in [1.807, 2.05) is 60.7 Å². The number of carboxylic acid groups (broad SMARTS) is 1. The minimum absolute atomic E-state index is 0. The van der Waals surface area contributed by atoms with E-state index in [0.29, 0.717) is 0 Å². The number of benzene rings is 2. The van der Waals surface area contributed by atoms with Gasteiger partial charge < -0.3 is 5.11 Å². The maximum absolute atomic E-state index is 11.6. The molecule has 0 saturated carbocycles. The van der Waals surface area contributed by atoms with Crippen molar-refractivity contribution in [3.05, 3.63) is 71.8 Å². The molecule has 0 fully saturated rings. The fourth-order valence-corrected chi connectivity index (χ4v) is 1.96. The quantitative estimate of drug-likeness (QED) is 0.915. The smallest absolute Gasteiger partial charge is 0.318 e. The Kier molecular flexibility index (Phi) is 6.49. The molecule has 1 N–H and O–H groups in total. The Labute approximate surface area is 124 Å². The molecule has 0 bridgehead atoms. The van der Waals surface area contributed by atoms with Gasteiger partial charge in [0.15, 0.2) is 0 Å². The maximum atomic E-state index is 11.6. The van der Waals surface area contributed by atoms with Crippen LogP contribution in [-0.2, 0) is 10.2 Å². The molecule has 0 aromatic heterocycles. The van der Waals surface area contributed by atoms with Gasteiger partial charge in [-0.2, -0.15) is 0 Å². The Bertz CT molecular complexity index is 469. The highest BCUT2D eigenvalue weighted by Crippen LogP contribution is 2.31. The summed E-state index contributed by atoms with van der Waals surface area (Å²) in [6.45, 7) is 1.74. The largest absolute Gasteiger partial charge is 0.480 e. The Morgan fingerprint density at radius 3 is 1.47 bits per heavy atom. The normalized spacial score (nSPS) is 9.95. The van der Waals surface area contributed by atoms with Gasteiger partial charge in [-0.25, -0.2) is 0 Å². The predicted octanol–water partition coefficient (Wildman–Crippen LogP) is 4.29. The van der Waals surface area contributed by atoms with Gasteiger partial charge in [-0.15, -0.1) is 17.0 Å². The first-order chi connectivity index (χ1) is 8.15. The van der Waals surface area contributed by atoms with Crippen LogP contribution in [0.25, 0.3) is 0 Å². The van der Waals surface area contributed by atoms with Crippen LogP contribution in [0.2, 0.25) is 0 Å². The predicted molar refractivity (Wildman–Crippen MR) is 84.0 cm³/mol. The van der Waals surface area contributed by atoms with E-state index in [1.54, 1.807) is 6.92 Å². The minimum atomic E-state index is -0.998. The summed E-state index contributed by atoms with van der Waals surface area (Å²) in [7, 11) is 0. The standard InChI is InChI=1S/C15H14O2.CH4.BrH/c1-15(14(16)17,12-8-4-2-5-9-12)13-10-6-3-7-11-13;;/h2-11H,1H3,(H,16,17);1H4;1H. The summed E-state index contributed by atoms with van der Waals surface area (Å²) in [5, 5.41) is 9.54. The number of aliphatic carboxylic acids is 1. The molecule has 102 valence electrons. The molecule has 0 atom stereocenters. The summed E-state index contributed by atoms with van der Waals surface area (Å²) in [5.41, 5.74) is 0.583. The Balaban J connectivity index is 0.00000162. The second-order valence-electron chi connectivity index (χ2n) is 4.16. The van der Waals surface area contributed by atoms with Crippen molar-refractivity contribution in [3.8, 4) is 0 Å². The van der Waals surface area contributed by atoms with Gasteiger partial charge in [0.2, 0.25) is 0 Å². The van der Waals surface area contributed by atoms with Gasteiger partial charge in [0.05, 0.1) is 0 Å². The van der Waals surface area contributed by atoms with Crippen LogP contribution in [0.4, 0.5) is 0 Å². The van der Waals surface area contributed by atoms with Gasteiger partial charge in [0.25, 0.3) is 0 Å². The summed E-state index contributed by atoms with van der Waals surface area (Å²) in [4.78, 5) is 11.6. The molecule has 0 radical (unpaired) electrons. The molecule has 0 aliphatic carbocycles. The minimum Gasteiger partial charge on any atom is -0.480 e. The number of rotatable bonds is 3. The van der Waals surface area contributed by atoms with Crippen molar-refractivity contribution in [2.24, 2.45) is 0 Å². The zero-order chi connectivity index (χ0) is 12.3. The summed E-state index contributed by atoms with van der Waals surface area (Å²) in [6, 6.07) is 18.6. The van der Waals surface area contributed by atoms with E-state index in [2.05, 4.69) is 0 Å². The van der Waals surface area contributed by atoms with Gasteiger partial charge in [0, 0.05) is 0 Å². The van der Waals surface area contributed by atoms with Crippen molar-refractivity contribution in [2.75, 3.05) is 0 Å². The molecule has 0 aliphatic heterocycles. The van der Waals surface area contributed by atoms with Crippen LogP contribution in [0.3, 0.4) is 0 Å². The second kappa shape index (κ2) is 7.10. The number of hydrogen-bond acceptors (Lipinski definition) is 1. The van der Waals surface area contributed by atoms with Gasteiger partial charge in [-0.05, 0) is 18.1 Å². The van der Waals surface area contributed by atoms with Gasteiger partial charge in [-0.1, -0.05) is 68.1 Å². The Morgan fingerprint density at radius 2 is 1.21 bits per heavy atom. The third kappa shape index (κ3) is 3.24. The summed E-state index contributed by atoms with van der Waals surface area (Å²) < 4.78 is 0. The van der Waals surface area contributed by atoms with Crippen molar-refractivity contribution < 1.29 is 9.90 Å². The molecule has 0 amide bonds. The molecule has 0 heterocycles. The van der Waals surface area contributed by atoms with Crippen LogP contribution in [0.5, 0.6) is 0 Å². The Morgan fingerprint density at radius 1 is 0.895 bits per heavy atom. The van der Waals surface area contributed by atoms with Gasteiger partial charge in [-0.3, -0.25) is 4.79 Å². The van der Waals surface area contributed by atoms with Crippen LogP contribution in [-0.4, -0.2) is 11.1 Å². The van der Waals surface area contributed by atoms with Crippen molar-refractivity contribution in [1.29, 1.82) is 0 Å². The van der Waals surface area contributed by atoms with Crippen molar-refractivity contribution >= 4 is 23.0 Å². The highest BCUT2D eigenvalue weighted by Gasteiger charge is 2.36. The summed E-state index contributed by atoms with van der Waals surface area (Å²) in [5.74, 6) is -0.838. The SMILES string of the molecule is Br.C.CC(C(=O)O)(c1ccccc1)c1ccccc1. The van der Waals surface area contributed by atoms with Crippen LogP contribution < -0.4 is 0 Å². The summed E-state index contributed by atoms with van der Waals surface area (Å²) in [6.07, 6.45) is 0. The number of halogens is 1. The molecular formula is C16H19BrO2. The average molecular weight is 323 g/mol. The lowest BCUT2D eigenvalue weighted by atomic mass is 9.76. The number of carboxylic acids is 1. The fraction of sp³-hybridized carbons (Fsp3) is 0.188. The van der Waals surface area contributed by atoms with Crippen LogP contribution in [0.15, 0.2) is 60.7 Å². The molecule has 0 spiro atoms. The molecule has 2 rings (SSSR count). The van der Waals surface area contributed by atoms with E-state index in [1.165, 1.54) is 0 Å².